The van der Waals surface area contributed by atoms with Gasteiger partial charge in [-0.15, -0.1) is 0 Å². The second-order valence-electron chi connectivity index (χ2n) is 13.3. The molecule has 0 saturated carbocycles. The van der Waals surface area contributed by atoms with Gasteiger partial charge >= 0.3 is 0 Å². The van der Waals surface area contributed by atoms with E-state index in [-0.39, 0.29) is 17.6 Å². The first-order chi connectivity index (χ1) is 24.3. The van der Waals surface area contributed by atoms with Crippen molar-refractivity contribution in [3.8, 4) is 11.5 Å². The third kappa shape index (κ3) is 6.53. The van der Waals surface area contributed by atoms with Crippen LogP contribution in [0, 0.1) is 13.8 Å². The van der Waals surface area contributed by atoms with E-state index in [0.717, 1.165) is 46.7 Å². The molecule has 7 rings (SSSR count). The number of hydrogen-bond acceptors (Lipinski definition) is 4. The van der Waals surface area contributed by atoms with Crippen LogP contribution >= 0.6 is 0 Å². The number of ketones is 1. The van der Waals surface area contributed by atoms with Gasteiger partial charge in [0.1, 0.15) is 11.5 Å². The zero-order valence-corrected chi connectivity index (χ0v) is 29.1. The molecular weight excluding hydrogens is 620 g/mol. The van der Waals surface area contributed by atoms with Crippen molar-refractivity contribution in [2.24, 2.45) is 0 Å². The molecule has 1 aliphatic rings. The van der Waals surface area contributed by atoms with Crippen molar-refractivity contribution in [3.63, 3.8) is 0 Å². The summed E-state index contributed by atoms with van der Waals surface area (Å²) in [6.07, 6.45) is 3.56. The molecule has 252 valence electrons. The summed E-state index contributed by atoms with van der Waals surface area (Å²) in [5.41, 5.74) is 9.06. The van der Waals surface area contributed by atoms with Crippen LogP contribution in [0.25, 0.3) is 10.9 Å². The number of carbonyl (C=O) groups is 2. The molecule has 1 aromatic heterocycles. The molecule has 6 heteroatoms. The van der Waals surface area contributed by atoms with Gasteiger partial charge < -0.3 is 18.9 Å². The van der Waals surface area contributed by atoms with Gasteiger partial charge in [-0.3, -0.25) is 9.59 Å². The highest BCUT2D eigenvalue weighted by molar-refractivity contribution is 6.12. The summed E-state index contributed by atoms with van der Waals surface area (Å²) in [5, 5.41) is 1.22. The number of carbonyl (C=O) groups excluding carboxylic acids is 2. The van der Waals surface area contributed by atoms with Crippen LogP contribution in [-0.2, 0) is 13.0 Å². The van der Waals surface area contributed by atoms with Gasteiger partial charge in [-0.05, 0) is 90.9 Å². The highest BCUT2D eigenvalue weighted by atomic mass is 16.5. The summed E-state index contributed by atoms with van der Waals surface area (Å²) < 4.78 is 13.3. The molecule has 0 N–H and O–H groups in total. The number of hydrogen-bond donors (Lipinski definition) is 0. The average Bonchev–Trinajstić information content (AvgIpc) is 3.77. The molecule has 6 nitrogen and oxygen atoms in total. The van der Waals surface area contributed by atoms with Gasteiger partial charge in [-0.1, -0.05) is 78.4 Å². The Morgan fingerprint density at radius 2 is 1.48 bits per heavy atom. The maximum absolute atomic E-state index is 14.6. The predicted octanol–water partition coefficient (Wildman–Crippen LogP) is 8.78. The van der Waals surface area contributed by atoms with Crippen LogP contribution in [-0.4, -0.2) is 48.5 Å². The summed E-state index contributed by atoms with van der Waals surface area (Å²) in [5.74, 6) is 1.66. The van der Waals surface area contributed by atoms with Crippen molar-refractivity contribution in [1.29, 1.82) is 0 Å². The lowest BCUT2D eigenvalue weighted by Crippen LogP contribution is -2.30. The van der Waals surface area contributed by atoms with Gasteiger partial charge in [0.2, 0.25) is 0 Å². The van der Waals surface area contributed by atoms with Gasteiger partial charge in [-0.25, -0.2) is 0 Å². The molecule has 2 heterocycles. The molecule has 1 atom stereocenters. The monoisotopic (exact) mass is 662 g/mol. The number of aryl methyl sites for hydroxylation is 2. The fourth-order valence-corrected chi connectivity index (χ4v) is 7.37. The Hall–Kier alpha value is -5.62. The second kappa shape index (κ2) is 14.1. The summed E-state index contributed by atoms with van der Waals surface area (Å²) in [6, 6.07) is 36.0. The minimum absolute atomic E-state index is 0.0385. The number of rotatable bonds is 10. The molecule has 0 aliphatic carbocycles. The Morgan fingerprint density at radius 1 is 0.780 bits per heavy atom. The normalized spacial score (nSPS) is 14.2. The molecule has 6 aromatic rings. The molecule has 1 unspecified atom stereocenters. The standard InChI is InChI=1S/C44H42N2O4/c1-29-15-18-33(19-16-29)43(47)42-30(2)17-20-38(39(42)25-31-9-7-11-35(23-31)49-3)44(48)45-22-21-34(27-45)40-28-46(41-14-6-5-13-37(40)41)26-32-10-8-12-36(24-32)50-4/h5-20,23-24,28,34H,21-22,25-27H2,1-4H3. The van der Waals surface area contributed by atoms with Crippen LogP contribution in [0.1, 0.15) is 72.0 Å². The zero-order chi connectivity index (χ0) is 34.8. The van der Waals surface area contributed by atoms with E-state index < -0.39 is 0 Å². The third-order valence-electron chi connectivity index (χ3n) is 10.0. The van der Waals surface area contributed by atoms with Gasteiger partial charge in [-0.2, -0.15) is 0 Å². The van der Waals surface area contributed by atoms with E-state index in [1.54, 1.807) is 14.2 Å². The summed E-state index contributed by atoms with van der Waals surface area (Å²) in [6.45, 7) is 5.95. The number of amides is 1. The van der Waals surface area contributed by atoms with E-state index >= 15 is 0 Å². The molecule has 5 aromatic carbocycles. The van der Waals surface area contributed by atoms with Crippen molar-refractivity contribution >= 4 is 22.6 Å². The van der Waals surface area contributed by atoms with Crippen molar-refractivity contribution in [1.82, 2.24) is 9.47 Å². The molecule has 1 amide bonds. The lowest BCUT2D eigenvalue weighted by molar-refractivity contribution is 0.0790. The van der Waals surface area contributed by atoms with Crippen LogP contribution in [0.4, 0.5) is 0 Å². The number of likely N-dealkylation sites (tertiary alicyclic amines) is 1. The Labute approximate surface area is 293 Å². The lowest BCUT2D eigenvalue weighted by Gasteiger charge is -2.22. The maximum atomic E-state index is 14.6. The number of fused-ring (bicyclic) bond motifs is 1. The third-order valence-corrected chi connectivity index (χ3v) is 10.0. The van der Waals surface area contributed by atoms with Crippen molar-refractivity contribution in [3.05, 3.63) is 165 Å². The topological polar surface area (TPSA) is 60.8 Å². The number of methoxy groups -OCH3 is 2. The van der Waals surface area contributed by atoms with Gasteiger partial charge in [0.15, 0.2) is 5.78 Å². The molecule has 1 fully saturated rings. The summed E-state index contributed by atoms with van der Waals surface area (Å²) >= 11 is 0. The number of benzene rings is 5. The van der Waals surface area contributed by atoms with E-state index in [2.05, 4.69) is 47.2 Å². The summed E-state index contributed by atoms with van der Waals surface area (Å²) in [4.78, 5) is 30.7. The Balaban J connectivity index is 1.22. The first-order valence-corrected chi connectivity index (χ1v) is 17.2. The van der Waals surface area contributed by atoms with E-state index in [1.807, 2.05) is 91.5 Å². The zero-order valence-electron chi connectivity index (χ0n) is 29.1. The van der Waals surface area contributed by atoms with Gasteiger partial charge in [0.05, 0.1) is 14.2 Å². The Bertz CT molecular complexity index is 2200. The molecular formula is C44H42N2O4. The van der Waals surface area contributed by atoms with E-state index in [0.29, 0.717) is 36.2 Å². The van der Waals surface area contributed by atoms with Gasteiger partial charge in [0, 0.05) is 59.3 Å². The van der Waals surface area contributed by atoms with Crippen LogP contribution in [0.15, 0.2) is 115 Å². The van der Waals surface area contributed by atoms with Crippen LogP contribution in [0.3, 0.4) is 0 Å². The molecule has 50 heavy (non-hydrogen) atoms. The van der Waals surface area contributed by atoms with Crippen LogP contribution < -0.4 is 9.47 Å². The SMILES string of the molecule is COc1cccc(Cc2c(C(=O)N3CCC(c4cn(Cc5cccc(OC)c5)c5ccccc45)C3)ccc(C)c2C(=O)c2ccc(C)cc2)c1. The lowest BCUT2D eigenvalue weighted by atomic mass is 9.87. The Morgan fingerprint density at radius 3 is 2.22 bits per heavy atom. The fourth-order valence-electron chi connectivity index (χ4n) is 7.37. The number of para-hydroxylation sites is 1. The van der Waals surface area contributed by atoms with Crippen molar-refractivity contribution < 1.29 is 19.1 Å². The molecule has 0 bridgehead atoms. The number of ether oxygens (including phenoxy) is 2. The van der Waals surface area contributed by atoms with Gasteiger partial charge in [0.25, 0.3) is 5.91 Å². The molecule has 0 spiro atoms. The van der Waals surface area contributed by atoms with Crippen molar-refractivity contribution in [2.75, 3.05) is 27.3 Å². The first kappa shape index (κ1) is 32.9. The first-order valence-electron chi connectivity index (χ1n) is 17.2. The number of aromatic nitrogens is 1. The Kier molecular flexibility index (Phi) is 9.27. The number of nitrogens with zero attached hydrogens (tertiary/aromatic N) is 2. The van der Waals surface area contributed by atoms with Crippen molar-refractivity contribution in [2.45, 2.75) is 39.2 Å². The second-order valence-corrected chi connectivity index (χ2v) is 13.3. The predicted molar refractivity (Wildman–Crippen MR) is 199 cm³/mol. The maximum Gasteiger partial charge on any atom is 0.254 e. The van der Waals surface area contributed by atoms with E-state index in [9.17, 15) is 9.59 Å². The van der Waals surface area contributed by atoms with Crippen LogP contribution in [0.5, 0.6) is 11.5 Å². The molecule has 0 radical (unpaired) electrons. The highest BCUT2D eigenvalue weighted by Crippen LogP contribution is 2.36. The minimum Gasteiger partial charge on any atom is -0.497 e. The highest BCUT2D eigenvalue weighted by Gasteiger charge is 2.32. The average molecular weight is 663 g/mol. The largest absolute Gasteiger partial charge is 0.497 e. The fraction of sp³-hybridized carbons (Fsp3) is 0.227. The molecule has 1 aliphatic heterocycles. The summed E-state index contributed by atoms with van der Waals surface area (Å²) in [7, 11) is 3.34. The van der Waals surface area contributed by atoms with Crippen LogP contribution in [0.2, 0.25) is 0 Å². The molecule has 1 saturated heterocycles. The smallest absolute Gasteiger partial charge is 0.254 e. The minimum atomic E-state index is -0.0711. The quantitative estimate of drug-likeness (QED) is 0.138. The van der Waals surface area contributed by atoms with E-state index in [4.69, 9.17) is 9.47 Å². The van der Waals surface area contributed by atoms with E-state index in [1.165, 1.54) is 22.0 Å².